The van der Waals surface area contributed by atoms with Crippen molar-refractivity contribution in [3.8, 4) is 12.1 Å². The molecule has 9 nitrogen and oxygen atoms in total. The van der Waals surface area contributed by atoms with Gasteiger partial charge in [-0.25, -0.2) is 0 Å². The Morgan fingerprint density at radius 3 is 2.73 bits per heavy atom. The molecule has 11 heteroatoms. The van der Waals surface area contributed by atoms with E-state index in [0.29, 0.717) is 50.1 Å². The first-order valence-electron chi connectivity index (χ1n) is 17.2. The van der Waals surface area contributed by atoms with Crippen molar-refractivity contribution in [3.05, 3.63) is 65.3 Å². The number of benzene rings is 2. The van der Waals surface area contributed by atoms with Crippen LogP contribution in [0.1, 0.15) is 43.9 Å². The standard InChI is InChI=1S/C37H42ClN7O2S/c1-4-33(46)45-16-15-44(20-26(45)11-13-39)35-28-12-14-43(31-10-6-8-23-7-5-9-29(38)34(23)31)21-30(28)40-36(41-35)47-22-32-37(2,48-32)42(3)27-18-24-17-25(24)19-27/h4-10,24-27,32H,1,11-12,14-22H2,2-3H3/t24?,25?,26-,27?,32?,37?/m0/s1. The summed E-state index contributed by atoms with van der Waals surface area (Å²) in [6.45, 7) is 9.59. The van der Waals surface area contributed by atoms with Crippen molar-refractivity contribution < 1.29 is 9.53 Å². The molecule has 0 N–H and O–H groups in total. The number of hydrogen-bond acceptors (Lipinski definition) is 9. The van der Waals surface area contributed by atoms with E-state index in [4.69, 9.17) is 26.3 Å². The van der Waals surface area contributed by atoms with Crippen LogP contribution in [0.4, 0.5) is 11.5 Å². The van der Waals surface area contributed by atoms with E-state index in [0.717, 1.165) is 63.4 Å². The number of halogens is 1. The van der Waals surface area contributed by atoms with Gasteiger partial charge in [-0.15, -0.1) is 11.8 Å². The summed E-state index contributed by atoms with van der Waals surface area (Å²) in [7, 11) is 2.29. The maximum absolute atomic E-state index is 12.6. The molecule has 4 heterocycles. The predicted molar refractivity (Wildman–Crippen MR) is 192 cm³/mol. The second-order valence-corrected chi connectivity index (χ2v) is 16.2. The molecule has 3 aromatic rings. The van der Waals surface area contributed by atoms with Gasteiger partial charge in [0, 0.05) is 48.9 Å². The molecule has 4 unspecified atom stereocenters. The first-order valence-corrected chi connectivity index (χ1v) is 18.4. The normalized spacial score (nSPS) is 29.0. The lowest BCUT2D eigenvalue weighted by Crippen LogP contribution is -2.55. The highest BCUT2D eigenvalue weighted by atomic mass is 35.5. The summed E-state index contributed by atoms with van der Waals surface area (Å²) < 4.78 is 6.48. The van der Waals surface area contributed by atoms with Crippen LogP contribution in [0.25, 0.3) is 10.8 Å². The van der Waals surface area contributed by atoms with Gasteiger partial charge in [-0.1, -0.05) is 42.4 Å². The smallest absolute Gasteiger partial charge is 0.318 e. The van der Waals surface area contributed by atoms with Gasteiger partial charge in [-0.05, 0) is 75.1 Å². The number of hydrogen-bond donors (Lipinski definition) is 0. The van der Waals surface area contributed by atoms with E-state index in [-0.39, 0.29) is 23.2 Å². The van der Waals surface area contributed by atoms with Crippen LogP contribution in [0.15, 0.2) is 49.1 Å². The first-order chi connectivity index (χ1) is 23.3. The van der Waals surface area contributed by atoms with Gasteiger partial charge in [0.25, 0.3) is 0 Å². The van der Waals surface area contributed by atoms with Crippen LogP contribution in [0.5, 0.6) is 6.01 Å². The van der Waals surface area contributed by atoms with Gasteiger partial charge < -0.3 is 19.4 Å². The molecule has 2 saturated heterocycles. The quantitative estimate of drug-likeness (QED) is 0.202. The molecule has 0 spiro atoms. The largest absolute Gasteiger partial charge is 0.462 e. The highest BCUT2D eigenvalue weighted by molar-refractivity contribution is 8.08. The number of thioether (sulfide) groups is 1. The van der Waals surface area contributed by atoms with E-state index in [1.165, 1.54) is 25.3 Å². The average molecular weight is 684 g/mol. The topological polar surface area (TPSA) is 88.8 Å². The minimum Gasteiger partial charge on any atom is -0.462 e. The molecular weight excluding hydrogens is 642 g/mol. The van der Waals surface area contributed by atoms with Crippen LogP contribution >= 0.6 is 23.4 Å². The van der Waals surface area contributed by atoms with E-state index in [9.17, 15) is 10.1 Å². The summed E-state index contributed by atoms with van der Waals surface area (Å²) in [6.07, 6.45) is 6.43. The Morgan fingerprint density at radius 1 is 1.17 bits per heavy atom. The number of nitriles is 1. The zero-order valence-electron chi connectivity index (χ0n) is 27.6. The minimum atomic E-state index is -0.247. The van der Waals surface area contributed by atoms with Gasteiger partial charge in [0.15, 0.2) is 0 Å². The monoisotopic (exact) mass is 683 g/mol. The van der Waals surface area contributed by atoms with E-state index in [1.807, 2.05) is 23.9 Å². The number of piperazine rings is 1. The maximum Gasteiger partial charge on any atom is 0.318 e. The second kappa shape index (κ2) is 12.4. The molecule has 0 radical (unpaired) electrons. The van der Waals surface area contributed by atoms with Crippen molar-refractivity contribution in [2.24, 2.45) is 11.8 Å². The number of fused-ring (bicyclic) bond motifs is 3. The summed E-state index contributed by atoms with van der Waals surface area (Å²) in [5, 5.41) is 12.9. The Labute approximate surface area is 291 Å². The van der Waals surface area contributed by atoms with Crippen LogP contribution in [-0.2, 0) is 17.8 Å². The summed E-state index contributed by atoms with van der Waals surface area (Å²) in [5.41, 5.74) is 3.14. The number of amides is 1. The van der Waals surface area contributed by atoms with Gasteiger partial charge in [0.1, 0.15) is 12.4 Å². The maximum atomic E-state index is 12.6. The van der Waals surface area contributed by atoms with E-state index >= 15 is 0 Å². The lowest BCUT2D eigenvalue weighted by Gasteiger charge is -2.42. The lowest BCUT2D eigenvalue weighted by atomic mass is 10.0. The predicted octanol–water partition coefficient (Wildman–Crippen LogP) is 5.90. The molecule has 48 heavy (non-hydrogen) atoms. The highest BCUT2D eigenvalue weighted by Crippen LogP contribution is 2.60. The van der Waals surface area contributed by atoms with Gasteiger partial charge in [0.05, 0.1) is 45.9 Å². The van der Waals surface area contributed by atoms with Crippen molar-refractivity contribution in [3.63, 3.8) is 0 Å². The molecule has 1 amide bonds. The molecule has 8 rings (SSSR count). The number of ether oxygens (including phenoxy) is 1. The summed E-state index contributed by atoms with van der Waals surface area (Å²) in [4.78, 5) is 31.8. The Bertz CT molecular complexity index is 1800. The van der Waals surface area contributed by atoms with Crippen LogP contribution in [0.3, 0.4) is 0 Å². The Hall–Kier alpha value is -3.52. The molecule has 4 fully saturated rings. The van der Waals surface area contributed by atoms with Crippen LogP contribution in [-0.4, -0.2) is 87.7 Å². The van der Waals surface area contributed by atoms with E-state index in [1.54, 1.807) is 4.90 Å². The Kier molecular flexibility index (Phi) is 8.21. The number of rotatable bonds is 9. The molecule has 2 aliphatic carbocycles. The summed E-state index contributed by atoms with van der Waals surface area (Å²) in [6, 6.07) is 15.4. The molecule has 2 saturated carbocycles. The van der Waals surface area contributed by atoms with Gasteiger partial charge >= 0.3 is 6.01 Å². The number of aromatic nitrogens is 2. The van der Waals surface area contributed by atoms with Gasteiger partial charge in [0.2, 0.25) is 5.91 Å². The number of carbonyl (C=O) groups excluding carboxylic acids is 1. The van der Waals surface area contributed by atoms with Crippen molar-refractivity contribution in [1.29, 1.82) is 5.26 Å². The van der Waals surface area contributed by atoms with Gasteiger partial charge in [-0.2, -0.15) is 15.2 Å². The fraction of sp³-hybridized carbons (Fsp3) is 0.514. The van der Waals surface area contributed by atoms with E-state index in [2.05, 4.69) is 65.6 Å². The molecule has 250 valence electrons. The average Bonchev–Trinajstić information content (AvgIpc) is 3.97. The van der Waals surface area contributed by atoms with Crippen LogP contribution in [0, 0.1) is 23.2 Å². The molecule has 5 atom stereocenters. The van der Waals surface area contributed by atoms with Crippen molar-refractivity contribution in [2.75, 3.05) is 49.6 Å². The zero-order valence-corrected chi connectivity index (χ0v) is 29.2. The van der Waals surface area contributed by atoms with Crippen molar-refractivity contribution in [1.82, 2.24) is 19.8 Å². The zero-order chi connectivity index (χ0) is 33.2. The number of carbonyl (C=O) groups is 1. The number of nitrogens with zero attached hydrogens (tertiary/aromatic N) is 7. The SMILES string of the molecule is C=CC(=O)N1CCN(c2nc(OCC3SC3(C)N(C)C3CC4CC4C3)nc3c2CCN(c2cccc4cccc(Cl)c24)C3)C[C@@H]1CC#N. The minimum absolute atomic E-state index is 0.0709. The Morgan fingerprint density at radius 2 is 1.96 bits per heavy atom. The van der Waals surface area contributed by atoms with Crippen LogP contribution < -0.4 is 14.5 Å². The van der Waals surface area contributed by atoms with Crippen molar-refractivity contribution >= 4 is 51.5 Å². The van der Waals surface area contributed by atoms with Crippen molar-refractivity contribution in [2.45, 2.75) is 67.8 Å². The molecular formula is C37H42ClN7O2S. The highest BCUT2D eigenvalue weighted by Gasteiger charge is 2.59. The lowest BCUT2D eigenvalue weighted by molar-refractivity contribution is -0.128. The molecule has 2 aromatic carbocycles. The Balaban J connectivity index is 1.07. The van der Waals surface area contributed by atoms with Crippen LogP contribution in [0.2, 0.25) is 5.02 Å². The molecule has 5 aliphatic rings. The second-order valence-electron chi connectivity index (χ2n) is 14.2. The summed E-state index contributed by atoms with van der Waals surface area (Å²) >= 11 is 8.73. The van der Waals surface area contributed by atoms with E-state index < -0.39 is 0 Å². The fourth-order valence-corrected chi connectivity index (χ4v) is 9.93. The molecule has 1 aromatic heterocycles. The van der Waals surface area contributed by atoms with Gasteiger partial charge in [-0.3, -0.25) is 9.69 Å². The third-order valence-corrected chi connectivity index (χ3v) is 13.5. The third kappa shape index (κ3) is 5.68. The first kappa shape index (κ1) is 31.7. The summed E-state index contributed by atoms with van der Waals surface area (Å²) in [5.74, 6) is 2.62. The molecule has 3 aliphatic heterocycles. The fourth-order valence-electron chi connectivity index (χ4n) is 8.46. The number of anilines is 2. The molecule has 0 bridgehead atoms. The third-order valence-electron chi connectivity index (χ3n) is 11.5.